The van der Waals surface area contributed by atoms with Gasteiger partial charge in [0.1, 0.15) is 0 Å². The van der Waals surface area contributed by atoms with Crippen molar-refractivity contribution in [1.82, 2.24) is 4.90 Å². The topological polar surface area (TPSA) is 12.5 Å². The Morgan fingerprint density at radius 1 is 1.09 bits per heavy atom. The van der Waals surface area contributed by atoms with Crippen LogP contribution in [0.2, 0.25) is 0 Å². The third-order valence-corrected chi connectivity index (χ3v) is 1.55. The second kappa shape index (κ2) is 9.92. The summed E-state index contributed by atoms with van der Waals surface area (Å²) in [4.78, 5) is 2.39. The summed E-state index contributed by atoms with van der Waals surface area (Å²) in [5.74, 6) is 0. The highest BCUT2D eigenvalue weighted by molar-refractivity contribution is 4.57. The minimum absolute atomic E-state index is 0. The van der Waals surface area contributed by atoms with Gasteiger partial charge >= 0.3 is 0 Å². The lowest BCUT2D eigenvalue weighted by molar-refractivity contribution is 0.0405. The van der Waals surface area contributed by atoms with Gasteiger partial charge < -0.3 is 4.74 Å². The predicted octanol–water partition coefficient (Wildman–Crippen LogP) is 2.25. The van der Waals surface area contributed by atoms with Gasteiger partial charge in [0.15, 0.2) is 0 Å². The molecule has 0 spiro atoms. The maximum absolute atomic E-state index is 5.16. The summed E-state index contributed by atoms with van der Waals surface area (Å²) >= 11 is 0. The van der Waals surface area contributed by atoms with Crippen molar-refractivity contribution >= 4 is 0 Å². The van der Waals surface area contributed by atoms with Crippen LogP contribution in [0.4, 0.5) is 0 Å². The SMILES string of the molecule is C.C.C.CCN1CCOCC1. The second-order valence-electron chi connectivity index (χ2n) is 2.05. The maximum atomic E-state index is 5.16. The van der Waals surface area contributed by atoms with Crippen LogP contribution in [-0.2, 0) is 4.74 Å². The first-order valence-corrected chi connectivity index (χ1v) is 3.23. The van der Waals surface area contributed by atoms with Crippen molar-refractivity contribution in [2.45, 2.75) is 29.2 Å². The molecular weight excluding hydrogens is 138 g/mol. The van der Waals surface area contributed by atoms with Crippen LogP contribution < -0.4 is 0 Å². The van der Waals surface area contributed by atoms with Crippen molar-refractivity contribution in [1.29, 1.82) is 0 Å². The molecule has 0 radical (unpaired) electrons. The van der Waals surface area contributed by atoms with Gasteiger partial charge in [-0.05, 0) is 6.54 Å². The summed E-state index contributed by atoms with van der Waals surface area (Å²) in [6.07, 6.45) is 0. The van der Waals surface area contributed by atoms with Gasteiger partial charge in [0, 0.05) is 13.1 Å². The van der Waals surface area contributed by atoms with Crippen LogP contribution in [0.5, 0.6) is 0 Å². The predicted molar refractivity (Wildman–Crippen MR) is 53.1 cm³/mol. The second-order valence-corrected chi connectivity index (χ2v) is 2.05. The highest BCUT2D eigenvalue weighted by Crippen LogP contribution is 1.93. The van der Waals surface area contributed by atoms with E-state index in [2.05, 4.69) is 11.8 Å². The molecule has 72 valence electrons. The van der Waals surface area contributed by atoms with Gasteiger partial charge in [-0.1, -0.05) is 29.2 Å². The molecule has 0 amide bonds. The molecule has 1 fully saturated rings. The van der Waals surface area contributed by atoms with Crippen LogP contribution in [0.15, 0.2) is 0 Å². The van der Waals surface area contributed by atoms with E-state index < -0.39 is 0 Å². The Balaban J connectivity index is -0.000000213. The minimum Gasteiger partial charge on any atom is -0.379 e. The fourth-order valence-corrected chi connectivity index (χ4v) is 0.917. The fourth-order valence-electron chi connectivity index (χ4n) is 0.917. The first kappa shape index (κ1) is 17.1. The van der Waals surface area contributed by atoms with Crippen LogP contribution in [0, 0.1) is 0 Å². The molecule has 1 rings (SSSR count). The van der Waals surface area contributed by atoms with Crippen molar-refractivity contribution in [2.75, 3.05) is 32.8 Å². The number of morpholine rings is 1. The number of hydrogen-bond donors (Lipinski definition) is 0. The number of rotatable bonds is 1. The van der Waals surface area contributed by atoms with Gasteiger partial charge in [0.2, 0.25) is 0 Å². The molecule has 0 aromatic carbocycles. The molecule has 1 aliphatic rings. The van der Waals surface area contributed by atoms with Crippen molar-refractivity contribution in [2.24, 2.45) is 0 Å². The van der Waals surface area contributed by atoms with E-state index in [4.69, 9.17) is 4.74 Å². The third-order valence-electron chi connectivity index (χ3n) is 1.55. The summed E-state index contributed by atoms with van der Waals surface area (Å²) in [7, 11) is 0. The van der Waals surface area contributed by atoms with E-state index in [-0.39, 0.29) is 22.3 Å². The van der Waals surface area contributed by atoms with Crippen molar-refractivity contribution in [3.8, 4) is 0 Å². The summed E-state index contributed by atoms with van der Waals surface area (Å²) < 4.78 is 5.16. The minimum atomic E-state index is 0. The summed E-state index contributed by atoms with van der Waals surface area (Å²) in [6.45, 7) is 7.45. The van der Waals surface area contributed by atoms with E-state index >= 15 is 0 Å². The Kier molecular flexibility index (Phi) is 15.4. The largest absolute Gasteiger partial charge is 0.379 e. The summed E-state index contributed by atoms with van der Waals surface area (Å²) in [6, 6.07) is 0. The molecule has 1 aliphatic heterocycles. The van der Waals surface area contributed by atoms with Crippen LogP contribution in [0.1, 0.15) is 29.2 Å². The highest BCUT2D eigenvalue weighted by Gasteiger charge is 2.05. The molecule has 0 saturated carbocycles. The van der Waals surface area contributed by atoms with Crippen LogP contribution in [0.25, 0.3) is 0 Å². The van der Waals surface area contributed by atoms with Gasteiger partial charge in [-0.3, -0.25) is 4.90 Å². The fraction of sp³-hybridized carbons (Fsp3) is 1.00. The van der Waals surface area contributed by atoms with Gasteiger partial charge in [0.25, 0.3) is 0 Å². The molecule has 11 heavy (non-hydrogen) atoms. The van der Waals surface area contributed by atoms with Gasteiger partial charge in [-0.15, -0.1) is 0 Å². The maximum Gasteiger partial charge on any atom is 0.0594 e. The van der Waals surface area contributed by atoms with E-state index in [0.717, 1.165) is 26.3 Å². The smallest absolute Gasteiger partial charge is 0.0594 e. The summed E-state index contributed by atoms with van der Waals surface area (Å²) in [5, 5.41) is 0. The van der Waals surface area contributed by atoms with Crippen LogP contribution in [-0.4, -0.2) is 37.7 Å². The average molecular weight is 163 g/mol. The Hall–Kier alpha value is -0.0800. The molecule has 0 atom stereocenters. The van der Waals surface area contributed by atoms with Crippen molar-refractivity contribution in [3.05, 3.63) is 0 Å². The average Bonchev–Trinajstić information content (AvgIpc) is 1.90. The number of hydrogen-bond acceptors (Lipinski definition) is 2. The molecular formula is C9H25NO. The lowest BCUT2D eigenvalue weighted by atomic mass is 10.4. The van der Waals surface area contributed by atoms with E-state index in [0.29, 0.717) is 0 Å². The Morgan fingerprint density at radius 3 is 1.82 bits per heavy atom. The number of likely N-dealkylation sites (N-methyl/N-ethyl adjacent to an activating group) is 1. The zero-order chi connectivity index (χ0) is 5.82. The van der Waals surface area contributed by atoms with E-state index in [9.17, 15) is 0 Å². The molecule has 0 aromatic heterocycles. The van der Waals surface area contributed by atoms with E-state index in [1.54, 1.807) is 0 Å². The molecule has 2 heteroatoms. The molecule has 0 aliphatic carbocycles. The summed E-state index contributed by atoms with van der Waals surface area (Å²) in [5.41, 5.74) is 0. The molecule has 2 nitrogen and oxygen atoms in total. The molecule has 1 heterocycles. The van der Waals surface area contributed by atoms with Crippen molar-refractivity contribution in [3.63, 3.8) is 0 Å². The lowest BCUT2D eigenvalue weighted by Crippen LogP contribution is -2.35. The first-order valence-electron chi connectivity index (χ1n) is 3.23. The first-order chi connectivity index (χ1) is 3.93. The molecule has 0 N–H and O–H groups in total. The molecule has 0 aromatic rings. The third kappa shape index (κ3) is 6.32. The van der Waals surface area contributed by atoms with Crippen LogP contribution in [0.3, 0.4) is 0 Å². The Bertz CT molecular complexity index is 60.6. The highest BCUT2D eigenvalue weighted by atomic mass is 16.5. The quantitative estimate of drug-likeness (QED) is 0.588. The van der Waals surface area contributed by atoms with Gasteiger partial charge in [0.05, 0.1) is 13.2 Å². The Morgan fingerprint density at radius 2 is 1.55 bits per heavy atom. The molecule has 0 bridgehead atoms. The zero-order valence-corrected chi connectivity index (χ0v) is 5.39. The number of ether oxygens (including phenoxy) is 1. The monoisotopic (exact) mass is 163 g/mol. The Labute approximate surface area is 72.5 Å². The number of nitrogens with zero attached hydrogens (tertiary/aromatic N) is 1. The van der Waals surface area contributed by atoms with E-state index in [1.807, 2.05) is 0 Å². The van der Waals surface area contributed by atoms with Gasteiger partial charge in [-0.25, -0.2) is 0 Å². The molecule has 0 unspecified atom stereocenters. The van der Waals surface area contributed by atoms with Gasteiger partial charge in [-0.2, -0.15) is 0 Å². The molecule has 1 saturated heterocycles. The lowest BCUT2D eigenvalue weighted by Gasteiger charge is -2.24. The zero-order valence-electron chi connectivity index (χ0n) is 5.39. The normalized spacial score (nSPS) is 17.2. The van der Waals surface area contributed by atoms with E-state index in [1.165, 1.54) is 6.54 Å². The van der Waals surface area contributed by atoms with Crippen LogP contribution >= 0.6 is 0 Å². The standard InChI is InChI=1S/C6H13NO.3CH4/c1-2-7-3-5-8-6-4-7;;;/h2-6H2,1H3;3*1H4. The van der Waals surface area contributed by atoms with Crippen molar-refractivity contribution < 1.29 is 4.74 Å².